The molecule has 0 unspecified atom stereocenters. The van der Waals surface area contributed by atoms with Crippen molar-refractivity contribution in [2.45, 2.75) is 40.0 Å². The summed E-state index contributed by atoms with van der Waals surface area (Å²) in [7, 11) is 0. The van der Waals surface area contributed by atoms with Crippen molar-refractivity contribution in [2.75, 3.05) is 0 Å². The minimum Gasteiger partial charge on any atom is -0.295 e. The normalized spacial score (nSPS) is 12.1. The van der Waals surface area contributed by atoms with E-state index >= 15 is 0 Å². The third kappa shape index (κ3) is 4.56. The van der Waals surface area contributed by atoms with Gasteiger partial charge in [-0.25, -0.2) is 10.1 Å². The van der Waals surface area contributed by atoms with E-state index in [1.807, 2.05) is 24.3 Å². The lowest BCUT2D eigenvalue weighted by Crippen LogP contribution is -2.23. The van der Waals surface area contributed by atoms with Crippen molar-refractivity contribution in [1.29, 1.82) is 0 Å². The second-order valence-electron chi connectivity index (χ2n) is 9.00. The van der Waals surface area contributed by atoms with E-state index < -0.39 is 5.91 Å². The Morgan fingerprint density at radius 1 is 1.06 bits per heavy atom. The highest BCUT2D eigenvalue weighted by Gasteiger charge is 2.17. The molecule has 174 valence electrons. The SMILES string of the molecule is C/C(=N/NC(=O)c1ccc(-c2nn[nH]n2)cc1)c1c(C)[nH]n(-c2ccc(C(C)(C)C)cc2)c1=O. The molecule has 0 saturated carbocycles. The van der Waals surface area contributed by atoms with Crippen LogP contribution in [0.5, 0.6) is 0 Å². The molecular formula is C24H26N8O2. The molecule has 2 heterocycles. The molecule has 1 amide bonds. The van der Waals surface area contributed by atoms with E-state index in [4.69, 9.17) is 0 Å². The summed E-state index contributed by atoms with van der Waals surface area (Å²) in [6.45, 7) is 9.91. The summed E-state index contributed by atoms with van der Waals surface area (Å²) in [5.41, 5.74) is 6.82. The Labute approximate surface area is 196 Å². The van der Waals surface area contributed by atoms with Gasteiger partial charge in [0.1, 0.15) is 0 Å². The summed E-state index contributed by atoms with van der Waals surface area (Å²) in [5, 5.41) is 21.0. The number of carbonyl (C=O) groups excluding carboxylic acids is 1. The molecule has 0 spiro atoms. The number of nitrogens with one attached hydrogen (secondary N) is 3. The van der Waals surface area contributed by atoms with Crippen LogP contribution in [-0.2, 0) is 5.41 Å². The average Bonchev–Trinajstić information content (AvgIpc) is 3.45. The Morgan fingerprint density at radius 3 is 2.32 bits per heavy atom. The topological polar surface area (TPSA) is 134 Å². The largest absolute Gasteiger partial charge is 0.295 e. The van der Waals surface area contributed by atoms with E-state index in [0.717, 1.165) is 11.3 Å². The number of amides is 1. The molecule has 10 nitrogen and oxygen atoms in total. The predicted molar refractivity (Wildman–Crippen MR) is 129 cm³/mol. The number of aryl methyl sites for hydroxylation is 1. The highest BCUT2D eigenvalue weighted by Crippen LogP contribution is 2.23. The summed E-state index contributed by atoms with van der Waals surface area (Å²) in [6.07, 6.45) is 0. The molecule has 4 aromatic rings. The van der Waals surface area contributed by atoms with Crippen molar-refractivity contribution in [2.24, 2.45) is 5.10 Å². The molecule has 0 radical (unpaired) electrons. The van der Waals surface area contributed by atoms with Crippen molar-refractivity contribution >= 4 is 11.6 Å². The Kier molecular flexibility index (Phi) is 5.97. The number of aromatic nitrogens is 6. The molecule has 0 fully saturated rings. The minimum atomic E-state index is -0.398. The van der Waals surface area contributed by atoms with Gasteiger partial charge in [0, 0.05) is 16.8 Å². The molecule has 0 aliphatic heterocycles. The first-order valence-corrected chi connectivity index (χ1v) is 10.8. The fourth-order valence-electron chi connectivity index (χ4n) is 3.57. The maximum Gasteiger partial charge on any atom is 0.280 e. The third-order valence-electron chi connectivity index (χ3n) is 5.50. The molecule has 4 rings (SSSR count). The van der Waals surface area contributed by atoms with Crippen LogP contribution >= 0.6 is 0 Å². The number of benzene rings is 2. The van der Waals surface area contributed by atoms with Gasteiger partial charge in [0.05, 0.1) is 17.0 Å². The second-order valence-corrected chi connectivity index (χ2v) is 9.00. The molecule has 0 aliphatic rings. The maximum atomic E-state index is 13.1. The van der Waals surface area contributed by atoms with Crippen LogP contribution in [0.3, 0.4) is 0 Å². The fourth-order valence-corrected chi connectivity index (χ4v) is 3.57. The third-order valence-corrected chi connectivity index (χ3v) is 5.50. The van der Waals surface area contributed by atoms with Gasteiger partial charge in [-0.2, -0.15) is 10.3 Å². The van der Waals surface area contributed by atoms with Crippen LogP contribution in [0.4, 0.5) is 0 Å². The Balaban J connectivity index is 1.52. The molecule has 34 heavy (non-hydrogen) atoms. The van der Waals surface area contributed by atoms with Crippen LogP contribution in [0, 0.1) is 6.92 Å². The van der Waals surface area contributed by atoms with E-state index in [1.54, 1.807) is 38.1 Å². The first kappa shape index (κ1) is 22.8. The van der Waals surface area contributed by atoms with Gasteiger partial charge < -0.3 is 0 Å². The van der Waals surface area contributed by atoms with Gasteiger partial charge in [-0.3, -0.25) is 14.7 Å². The number of hydrogen-bond acceptors (Lipinski definition) is 6. The molecule has 2 aromatic carbocycles. The highest BCUT2D eigenvalue weighted by atomic mass is 16.2. The molecule has 0 bridgehead atoms. The van der Waals surface area contributed by atoms with E-state index in [-0.39, 0.29) is 11.0 Å². The zero-order valence-corrected chi connectivity index (χ0v) is 19.7. The summed E-state index contributed by atoms with van der Waals surface area (Å²) < 4.78 is 1.48. The van der Waals surface area contributed by atoms with Gasteiger partial charge in [-0.05, 0) is 54.3 Å². The number of hydrazone groups is 1. The van der Waals surface area contributed by atoms with E-state index in [1.165, 1.54) is 10.2 Å². The first-order valence-electron chi connectivity index (χ1n) is 10.8. The van der Waals surface area contributed by atoms with Gasteiger partial charge in [-0.1, -0.05) is 45.0 Å². The first-order chi connectivity index (χ1) is 16.1. The lowest BCUT2D eigenvalue weighted by Gasteiger charge is -2.19. The lowest BCUT2D eigenvalue weighted by molar-refractivity contribution is 0.0955. The molecule has 10 heteroatoms. The van der Waals surface area contributed by atoms with Crippen molar-refractivity contribution in [3.63, 3.8) is 0 Å². The van der Waals surface area contributed by atoms with Gasteiger partial charge in [0.2, 0.25) is 5.82 Å². The van der Waals surface area contributed by atoms with Crippen LogP contribution in [0.15, 0.2) is 58.4 Å². The molecule has 0 saturated heterocycles. The number of H-pyrrole nitrogens is 2. The molecular weight excluding hydrogens is 432 g/mol. The Morgan fingerprint density at radius 2 is 1.74 bits per heavy atom. The second kappa shape index (κ2) is 8.89. The van der Waals surface area contributed by atoms with Crippen LogP contribution in [0.2, 0.25) is 0 Å². The van der Waals surface area contributed by atoms with E-state index in [0.29, 0.717) is 28.4 Å². The number of tetrazole rings is 1. The number of rotatable bonds is 5. The standard InChI is InChI=1S/C24H26N8O2/c1-14(25-28-22(33)17-8-6-16(7-9-17)21-26-30-31-27-21)20-15(2)29-32(23(20)34)19-12-10-18(11-13-19)24(3,4)5/h6-13,29H,1-5H3,(H,28,33)(H,26,27,30,31)/b25-14-. The zero-order chi connectivity index (χ0) is 24.5. The van der Waals surface area contributed by atoms with Crippen LogP contribution in [-0.4, -0.2) is 42.0 Å². The summed E-state index contributed by atoms with van der Waals surface area (Å²) in [6, 6.07) is 14.6. The molecule has 3 N–H and O–H groups in total. The molecule has 0 aliphatic carbocycles. The fraction of sp³-hybridized carbons (Fsp3) is 0.250. The van der Waals surface area contributed by atoms with Crippen molar-refractivity contribution in [1.82, 2.24) is 35.8 Å². The maximum absolute atomic E-state index is 13.1. The van der Waals surface area contributed by atoms with Gasteiger partial charge in [-0.15, -0.1) is 10.2 Å². The quantitative estimate of drug-likeness (QED) is 0.312. The molecule has 2 aromatic heterocycles. The Bertz CT molecular complexity index is 1390. The van der Waals surface area contributed by atoms with Crippen LogP contribution < -0.4 is 11.0 Å². The van der Waals surface area contributed by atoms with Crippen LogP contribution in [0.1, 0.15) is 54.9 Å². The Hall–Kier alpha value is -4.34. The number of aromatic amines is 2. The summed E-state index contributed by atoms with van der Waals surface area (Å²) >= 11 is 0. The van der Waals surface area contributed by atoms with Gasteiger partial charge >= 0.3 is 0 Å². The van der Waals surface area contributed by atoms with E-state index in [9.17, 15) is 9.59 Å². The lowest BCUT2D eigenvalue weighted by atomic mass is 9.87. The predicted octanol–water partition coefficient (Wildman–Crippen LogP) is 3.11. The summed E-state index contributed by atoms with van der Waals surface area (Å²) in [5.74, 6) is 0.0402. The van der Waals surface area contributed by atoms with Crippen molar-refractivity contribution in [3.8, 4) is 17.1 Å². The molecule has 0 atom stereocenters. The highest BCUT2D eigenvalue weighted by molar-refractivity contribution is 6.01. The monoisotopic (exact) mass is 458 g/mol. The van der Waals surface area contributed by atoms with Crippen molar-refractivity contribution < 1.29 is 4.79 Å². The van der Waals surface area contributed by atoms with Crippen LogP contribution in [0.25, 0.3) is 17.1 Å². The number of carbonyl (C=O) groups is 1. The minimum absolute atomic E-state index is 0.0229. The zero-order valence-electron chi connectivity index (χ0n) is 19.7. The van der Waals surface area contributed by atoms with Gasteiger partial charge in [0.15, 0.2) is 0 Å². The number of nitrogens with zero attached hydrogens (tertiary/aromatic N) is 5. The number of hydrogen-bond donors (Lipinski definition) is 3. The average molecular weight is 459 g/mol. The van der Waals surface area contributed by atoms with Gasteiger partial charge in [0.25, 0.3) is 11.5 Å². The van der Waals surface area contributed by atoms with E-state index in [2.05, 4.69) is 57.0 Å². The van der Waals surface area contributed by atoms with Crippen molar-refractivity contribution in [3.05, 3.63) is 81.3 Å². The summed E-state index contributed by atoms with van der Waals surface area (Å²) in [4.78, 5) is 25.6. The smallest absolute Gasteiger partial charge is 0.280 e.